The van der Waals surface area contributed by atoms with Gasteiger partial charge in [-0.15, -0.1) is 0 Å². The molecule has 0 aliphatic heterocycles. The van der Waals surface area contributed by atoms with E-state index < -0.39 is 0 Å². The van der Waals surface area contributed by atoms with Crippen molar-refractivity contribution in [3.63, 3.8) is 0 Å². The van der Waals surface area contributed by atoms with Gasteiger partial charge in [-0.2, -0.15) is 0 Å². The highest BCUT2D eigenvalue weighted by molar-refractivity contribution is 6.31. The van der Waals surface area contributed by atoms with Crippen LogP contribution in [0.25, 0.3) is 11.2 Å². The van der Waals surface area contributed by atoms with E-state index in [0.29, 0.717) is 18.2 Å². The molecular weight excluding hydrogens is 300 g/mol. The van der Waals surface area contributed by atoms with Crippen LogP contribution < -0.4 is 10.5 Å². The van der Waals surface area contributed by atoms with E-state index in [1.807, 2.05) is 41.8 Å². The lowest BCUT2D eigenvalue weighted by atomic mass is 10.3. The molecule has 0 saturated heterocycles. The number of ether oxygens (including phenoxy) is 1. The summed E-state index contributed by atoms with van der Waals surface area (Å²) in [5, 5.41) is 0.563. The molecule has 0 amide bonds. The number of rotatable bonds is 5. The molecule has 0 spiro atoms. The average Bonchev–Trinajstić information content (AvgIpc) is 2.90. The first kappa shape index (κ1) is 14.8. The molecule has 0 aliphatic rings. The number of fused-ring (bicyclic) bond motifs is 1. The molecule has 0 saturated carbocycles. The average molecular weight is 317 g/mol. The molecule has 22 heavy (non-hydrogen) atoms. The number of pyridine rings is 1. The van der Waals surface area contributed by atoms with Crippen LogP contribution in [0.3, 0.4) is 0 Å². The van der Waals surface area contributed by atoms with E-state index in [1.54, 1.807) is 12.3 Å². The van der Waals surface area contributed by atoms with Gasteiger partial charge < -0.3 is 15.0 Å². The lowest BCUT2D eigenvalue weighted by Gasteiger charge is -2.15. The Labute approximate surface area is 133 Å². The molecule has 3 rings (SSSR count). The maximum atomic E-state index is 6.00. The Morgan fingerprint density at radius 1 is 1.32 bits per heavy atom. The quantitative estimate of drug-likeness (QED) is 0.785. The van der Waals surface area contributed by atoms with Crippen molar-refractivity contribution in [2.45, 2.75) is 19.6 Å². The summed E-state index contributed by atoms with van der Waals surface area (Å²) in [6.07, 6.45) is 1.62. The van der Waals surface area contributed by atoms with Gasteiger partial charge in [0.05, 0.1) is 5.02 Å². The van der Waals surface area contributed by atoms with Gasteiger partial charge >= 0.3 is 0 Å². The summed E-state index contributed by atoms with van der Waals surface area (Å²) < 4.78 is 7.81. The molecule has 1 unspecified atom stereocenters. The molecule has 0 fully saturated rings. The Bertz CT molecular complexity index is 772. The SMILES string of the molecule is CC(CN)n1c(COc2ccccc2)nc2cc(Cl)cnc21. The standard InChI is InChI=1S/C16H17ClN4O/c1-11(8-18)21-15(10-22-13-5-3-2-4-6-13)20-14-7-12(17)9-19-16(14)21/h2-7,9,11H,8,10,18H2,1H3. The van der Waals surface area contributed by atoms with E-state index in [-0.39, 0.29) is 6.04 Å². The van der Waals surface area contributed by atoms with E-state index in [9.17, 15) is 0 Å². The maximum absolute atomic E-state index is 6.00. The monoisotopic (exact) mass is 316 g/mol. The summed E-state index contributed by atoms with van der Waals surface area (Å²) in [7, 11) is 0. The first-order valence-corrected chi connectivity index (χ1v) is 7.47. The minimum absolute atomic E-state index is 0.0769. The molecule has 1 aromatic carbocycles. The number of para-hydroxylation sites is 1. The van der Waals surface area contributed by atoms with Crippen molar-refractivity contribution < 1.29 is 4.74 Å². The van der Waals surface area contributed by atoms with Crippen molar-refractivity contribution in [3.8, 4) is 5.75 Å². The summed E-state index contributed by atoms with van der Waals surface area (Å²) in [5.74, 6) is 1.58. The Balaban J connectivity index is 1.96. The second kappa shape index (κ2) is 6.34. The minimum Gasteiger partial charge on any atom is -0.486 e. The molecule has 114 valence electrons. The van der Waals surface area contributed by atoms with E-state index in [4.69, 9.17) is 22.1 Å². The van der Waals surface area contributed by atoms with Gasteiger partial charge in [-0.25, -0.2) is 9.97 Å². The summed E-state index contributed by atoms with van der Waals surface area (Å²) in [6, 6.07) is 11.5. The molecule has 6 heteroatoms. The minimum atomic E-state index is 0.0769. The maximum Gasteiger partial charge on any atom is 0.160 e. The molecule has 0 aliphatic carbocycles. The first-order chi connectivity index (χ1) is 10.7. The molecule has 0 bridgehead atoms. The third kappa shape index (κ3) is 2.91. The number of benzene rings is 1. The van der Waals surface area contributed by atoms with Crippen molar-refractivity contribution in [2.24, 2.45) is 5.73 Å². The number of nitrogens with zero attached hydrogens (tertiary/aromatic N) is 3. The van der Waals surface area contributed by atoms with E-state index >= 15 is 0 Å². The summed E-state index contributed by atoms with van der Waals surface area (Å²) in [6.45, 7) is 2.87. The third-order valence-corrected chi connectivity index (χ3v) is 3.67. The number of nitrogens with two attached hydrogens (primary N) is 1. The summed E-state index contributed by atoms with van der Waals surface area (Å²) in [4.78, 5) is 8.98. The lowest BCUT2D eigenvalue weighted by molar-refractivity contribution is 0.286. The number of imidazole rings is 1. The normalized spacial score (nSPS) is 12.5. The molecular formula is C16H17ClN4O. The predicted octanol–water partition coefficient (Wildman–Crippen LogP) is 3.18. The van der Waals surface area contributed by atoms with Crippen LogP contribution in [0.4, 0.5) is 0 Å². The van der Waals surface area contributed by atoms with Crippen LogP contribution in [0, 0.1) is 0 Å². The highest BCUT2D eigenvalue weighted by atomic mass is 35.5. The Kier molecular flexibility index (Phi) is 4.27. The van der Waals surface area contributed by atoms with Crippen LogP contribution in [0.5, 0.6) is 5.75 Å². The fourth-order valence-electron chi connectivity index (χ4n) is 2.34. The second-order valence-electron chi connectivity index (χ2n) is 5.08. The number of hydrogen-bond donors (Lipinski definition) is 1. The topological polar surface area (TPSA) is 66.0 Å². The molecule has 2 aromatic heterocycles. The summed E-state index contributed by atoms with van der Waals surface area (Å²) >= 11 is 6.00. The Hall–Kier alpha value is -2.11. The fourth-order valence-corrected chi connectivity index (χ4v) is 2.49. The van der Waals surface area contributed by atoms with Crippen molar-refractivity contribution >= 4 is 22.8 Å². The molecule has 2 heterocycles. The van der Waals surface area contributed by atoms with Gasteiger partial charge in [0.1, 0.15) is 23.7 Å². The van der Waals surface area contributed by atoms with Crippen molar-refractivity contribution in [1.29, 1.82) is 0 Å². The molecule has 0 radical (unpaired) electrons. The molecule has 2 N–H and O–H groups in total. The fraction of sp³-hybridized carbons (Fsp3) is 0.250. The van der Waals surface area contributed by atoms with Gasteiger partial charge in [0, 0.05) is 18.8 Å². The smallest absolute Gasteiger partial charge is 0.160 e. The largest absolute Gasteiger partial charge is 0.486 e. The van der Waals surface area contributed by atoms with Gasteiger partial charge in [0.2, 0.25) is 0 Å². The zero-order chi connectivity index (χ0) is 15.5. The Morgan fingerprint density at radius 2 is 2.09 bits per heavy atom. The van der Waals surface area contributed by atoms with Gasteiger partial charge in [-0.3, -0.25) is 0 Å². The summed E-state index contributed by atoms with van der Waals surface area (Å²) in [5.41, 5.74) is 7.34. The number of halogens is 1. The van der Waals surface area contributed by atoms with E-state index in [2.05, 4.69) is 9.97 Å². The van der Waals surface area contributed by atoms with E-state index in [0.717, 1.165) is 22.7 Å². The highest BCUT2D eigenvalue weighted by Crippen LogP contribution is 2.22. The van der Waals surface area contributed by atoms with Crippen LogP contribution in [-0.2, 0) is 6.61 Å². The van der Waals surface area contributed by atoms with Gasteiger partial charge in [0.25, 0.3) is 0 Å². The molecule has 5 nitrogen and oxygen atoms in total. The van der Waals surface area contributed by atoms with Crippen LogP contribution in [-0.4, -0.2) is 21.1 Å². The predicted molar refractivity (Wildman–Crippen MR) is 87.1 cm³/mol. The van der Waals surface area contributed by atoms with E-state index in [1.165, 1.54) is 0 Å². The van der Waals surface area contributed by atoms with Crippen LogP contribution in [0.15, 0.2) is 42.6 Å². The van der Waals surface area contributed by atoms with Gasteiger partial charge in [0.15, 0.2) is 5.65 Å². The van der Waals surface area contributed by atoms with Crippen LogP contribution in [0.2, 0.25) is 5.02 Å². The van der Waals surface area contributed by atoms with Crippen molar-refractivity contribution in [3.05, 3.63) is 53.4 Å². The molecule has 1 atom stereocenters. The zero-order valence-electron chi connectivity index (χ0n) is 12.2. The zero-order valence-corrected chi connectivity index (χ0v) is 13.0. The first-order valence-electron chi connectivity index (χ1n) is 7.09. The van der Waals surface area contributed by atoms with Crippen LogP contribution in [0.1, 0.15) is 18.8 Å². The molecule has 3 aromatic rings. The van der Waals surface area contributed by atoms with Crippen molar-refractivity contribution in [2.75, 3.05) is 6.54 Å². The van der Waals surface area contributed by atoms with Gasteiger partial charge in [-0.1, -0.05) is 29.8 Å². The van der Waals surface area contributed by atoms with Crippen molar-refractivity contribution in [1.82, 2.24) is 14.5 Å². The second-order valence-corrected chi connectivity index (χ2v) is 5.52. The van der Waals surface area contributed by atoms with Crippen LogP contribution >= 0.6 is 11.6 Å². The highest BCUT2D eigenvalue weighted by Gasteiger charge is 2.17. The number of aromatic nitrogens is 3. The lowest BCUT2D eigenvalue weighted by Crippen LogP contribution is -2.19. The Morgan fingerprint density at radius 3 is 2.82 bits per heavy atom. The van der Waals surface area contributed by atoms with Gasteiger partial charge in [-0.05, 0) is 25.1 Å². The number of hydrogen-bond acceptors (Lipinski definition) is 4. The third-order valence-electron chi connectivity index (χ3n) is 3.46.